The number of halogens is 1. The van der Waals surface area contributed by atoms with Crippen LogP contribution < -0.4 is 4.74 Å². The molecule has 0 aliphatic carbocycles. The second-order valence-electron chi connectivity index (χ2n) is 8.43. The van der Waals surface area contributed by atoms with E-state index in [-0.39, 0.29) is 11.6 Å². The fourth-order valence-electron chi connectivity index (χ4n) is 3.78. The van der Waals surface area contributed by atoms with Crippen molar-refractivity contribution in [3.05, 3.63) is 71.3 Å². The van der Waals surface area contributed by atoms with Gasteiger partial charge in [0.15, 0.2) is 0 Å². The molecule has 3 rings (SSSR count). The highest BCUT2D eigenvalue weighted by molar-refractivity contribution is 5.75. The molecular weight excluding hydrogens is 391 g/mol. The van der Waals surface area contributed by atoms with Crippen LogP contribution in [0.25, 0.3) is 11.4 Å². The van der Waals surface area contributed by atoms with E-state index in [9.17, 15) is 9.18 Å². The minimum absolute atomic E-state index is 0.217. The van der Waals surface area contributed by atoms with Crippen molar-refractivity contribution in [1.82, 2.24) is 9.55 Å². The average molecular weight is 423 g/mol. The number of aromatic nitrogens is 2. The summed E-state index contributed by atoms with van der Waals surface area (Å²) in [6.07, 6.45) is 4.22. The van der Waals surface area contributed by atoms with Crippen LogP contribution in [0.2, 0.25) is 0 Å². The third-order valence-corrected chi connectivity index (χ3v) is 5.45. The maximum absolute atomic E-state index is 14.0. The first-order chi connectivity index (χ1) is 14.8. The van der Waals surface area contributed by atoms with Crippen LogP contribution in [0.1, 0.15) is 49.9 Å². The van der Waals surface area contributed by atoms with Gasteiger partial charge in [0, 0.05) is 29.4 Å². The highest BCUT2D eigenvalue weighted by Gasteiger charge is 2.14. The van der Waals surface area contributed by atoms with E-state index in [1.54, 1.807) is 13.0 Å². The molecule has 164 valence electrons. The molecule has 4 nitrogen and oxygen atoms in total. The first-order valence-corrected chi connectivity index (χ1v) is 10.8. The van der Waals surface area contributed by atoms with Gasteiger partial charge in [-0.15, -0.1) is 0 Å². The molecule has 0 amide bonds. The summed E-state index contributed by atoms with van der Waals surface area (Å²) in [4.78, 5) is 15.8. The maximum Gasteiger partial charge on any atom is 0.140 e. The van der Waals surface area contributed by atoms with E-state index in [0.717, 1.165) is 35.5 Å². The summed E-state index contributed by atoms with van der Waals surface area (Å²) in [5.41, 5.74) is 4.00. The molecule has 0 radical (unpaired) electrons. The zero-order valence-electron chi connectivity index (χ0n) is 18.8. The molecule has 0 spiro atoms. The first-order valence-electron chi connectivity index (χ1n) is 10.8. The van der Waals surface area contributed by atoms with E-state index in [4.69, 9.17) is 4.74 Å². The van der Waals surface area contributed by atoms with Gasteiger partial charge in [0.2, 0.25) is 0 Å². The van der Waals surface area contributed by atoms with Gasteiger partial charge in [0.1, 0.15) is 23.2 Å². The Morgan fingerprint density at radius 1 is 1.16 bits per heavy atom. The number of ether oxygens (including phenoxy) is 1. The molecule has 1 atom stereocenters. The van der Waals surface area contributed by atoms with Crippen molar-refractivity contribution < 1.29 is 13.9 Å². The molecule has 0 unspecified atom stereocenters. The van der Waals surface area contributed by atoms with E-state index < -0.39 is 0 Å². The summed E-state index contributed by atoms with van der Waals surface area (Å²) in [5, 5.41) is 0. The van der Waals surface area contributed by atoms with Crippen LogP contribution in [0, 0.1) is 25.6 Å². The number of nitrogens with zero attached hydrogens (tertiary/aromatic N) is 2. The molecule has 31 heavy (non-hydrogen) atoms. The van der Waals surface area contributed by atoms with Crippen LogP contribution >= 0.6 is 0 Å². The SMILES string of the molecule is CC(=O)C[C@H](C)CCCOc1ccc(F)cc1Cn1c(C)cnc1-c1ccc(C)cc1. The van der Waals surface area contributed by atoms with Crippen molar-refractivity contribution in [2.75, 3.05) is 6.61 Å². The lowest BCUT2D eigenvalue weighted by molar-refractivity contribution is -0.117. The number of carbonyl (C=O) groups is 1. The van der Waals surface area contributed by atoms with Crippen LogP contribution in [-0.4, -0.2) is 21.9 Å². The lowest BCUT2D eigenvalue weighted by atomic mass is 10.00. The number of imidazole rings is 1. The molecule has 0 saturated heterocycles. The third kappa shape index (κ3) is 6.27. The molecule has 3 aromatic rings. The summed E-state index contributed by atoms with van der Waals surface area (Å²) >= 11 is 0. The zero-order chi connectivity index (χ0) is 22.4. The predicted octanol–water partition coefficient (Wildman–Crippen LogP) is 6.13. The van der Waals surface area contributed by atoms with Crippen LogP contribution in [0.4, 0.5) is 4.39 Å². The Kier molecular flexibility index (Phi) is 7.61. The first kappa shape index (κ1) is 22.7. The number of hydrogen-bond donors (Lipinski definition) is 0. The van der Waals surface area contributed by atoms with Gasteiger partial charge in [-0.3, -0.25) is 0 Å². The highest BCUT2D eigenvalue weighted by Crippen LogP contribution is 2.26. The minimum Gasteiger partial charge on any atom is -0.493 e. The van der Waals surface area contributed by atoms with Crippen LogP contribution in [0.5, 0.6) is 5.75 Å². The van der Waals surface area contributed by atoms with Crippen molar-refractivity contribution in [2.24, 2.45) is 5.92 Å². The van der Waals surface area contributed by atoms with E-state index in [2.05, 4.69) is 47.7 Å². The van der Waals surface area contributed by atoms with Gasteiger partial charge in [0.05, 0.1) is 13.2 Å². The number of hydrogen-bond acceptors (Lipinski definition) is 3. The molecule has 5 heteroatoms. The van der Waals surface area contributed by atoms with Crippen molar-refractivity contribution in [2.45, 2.75) is 53.5 Å². The molecule has 1 aromatic heterocycles. The quantitative estimate of drug-likeness (QED) is 0.369. The molecule has 0 aliphatic heterocycles. The lowest BCUT2D eigenvalue weighted by Crippen LogP contribution is -2.09. The summed E-state index contributed by atoms with van der Waals surface area (Å²) in [7, 11) is 0. The zero-order valence-corrected chi connectivity index (χ0v) is 18.8. The Morgan fingerprint density at radius 3 is 2.61 bits per heavy atom. The summed E-state index contributed by atoms with van der Waals surface area (Å²) in [5.74, 6) is 1.82. The monoisotopic (exact) mass is 422 g/mol. The normalized spacial score (nSPS) is 12.0. The van der Waals surface area contributed by atoms with Crippen molar-refractivity contribution in [1.29, 1.82) is 0 Å². The fraction of sp³-hybridized carbons (Fsp3) is 0.385. The van der Waals surface area contributed by atoms with Gasteiger partial charge >= 0.3 is 0 Å². The van der Waals surface area contributed by atoms with E-state index in [1.165, 1.54) is 17.7 Å². The number of rotatable bonds is 10. The Bertz CT molecular complexity index is 1020. The summed E-state index contributed by atoms with van der Waals surface area (Å²) in [6.45, 7) is 8.77. The molecular formula is C26H31FN2O2. The maximum atomic E-state index is 14.0. The van der Waals surface area contributed by atoms with E-state index in [0.29, 0.717) is 31.2 Å². The molecule has 0 fully saturated rings. The molecule has 1 heterocycles. The fourth-order valence-corrected chi connectivity index (χ4v) is 3.78. The topological polar surface area (TPSA) is 44.1 Å². The van der Waals surface area contributed by atoms with Gasteiger partial charge in [0.25, 0.3) is 0 Å². The van der Waals surface area contributed by atoms with Gasteiger partial charge < -0.3 is 14.1 Å². The Morgan fingerprint density at radius 2 is 1.90 bits per heavy atom. The Hall–Kier alpha value is -2.95. The lowest BCUT2D eigenvalue weighted by Gasteiger charge is -2.16. The predicted molar refractivity (Wildman–Crippen MR) is 122 cm³/mol. The Labute approximate surface area is 184 Å². The second kappa shape index (κ2) is 10.4. The average Bonchev–Trinajstić information content (AvgIpc) is 3.07. The van der Waals surface area contributed by atoms with Gasteiger partial charge in [-0.2, -0.15) is 0 Å². The van der Waals surface area contributed by atoms with Crippen LogP contribution in [0.3, 0.4) is 0 Å². The Balaban J connectivity index is 1.74. The summed E-state index contributed by atoms with van der Waals surface area (Å²) < 4.78 is 22.1. The molecule has 0 saturated carbocycles. The number of benzene rings is 2. The third-order valence-electron chi connectivity index (χ3n) is 5.45. The number of carbonyl (C=O) groups excluding carboxylic acids is 1. The minimum atomic E-state index is -0.285. The van der Waals surface area contributed by atoms with Crippen molar-refractivity contribution in [3.8, 4) is 17.1 Å². The van der Waals surface area contributed by atoms with Crippen LogP contribution in [0.15, 0.2) is 48.7 Å². The number of ketones is 1. The van der Waals surface area contributed by atoms with Gasteiger partial charge in [-0.1, -0.05) is 36.8 Å². The van der Waals surface area contributed by atoms with Gasteiger partial charge in [-0.05, 0) is 57.7 Å². The molecule has 0 bridgehead atoms. The van der Waals surface area contributed by atoms with E-state index >= 15 is 0 Å². The largest absolute Gasteiger partial charge is 0.493 e. The van der Waals surface area contributed by atoms with Crippen molar-refractivity contribution >= 4 is 5.78 Å². The summed E-state index contributed by atoms with van der Waals surface area (Å²) in [6, 6.07) is 12.9. The molecule has 0 N–H and O–H groups in total. The molecule has 2 aromatic carbocycles. The standard InChI is InChI=1S/C26H31FN2O2/c1-18-7-9-22(10-8-18)26-28-16-20(3)29(26)17-23-15-24(27)11-12-25(23)31-13-5-6-19(2)14-21(4)30/h7-12,15-16,19H,5-6,13-14,17H2,1-4H3/t19-/m1/s1. The number of aryl methyl sites for hydroxylation is 2. The van der Waals surface area contributed by atoms with Crippen LogP contribution in [-0.2, 0) is 11.3 Å². The highest BCUT2D eigenvalue weighted by atomic mass is 19.1. The molecule has 0 aliphatic rings. The smallest absolute Gasteiger partial charge is 0.140 e. The number of Topliss-reactive ketones (excluding diaryl/α,β-unsaturated/α-hetero) is 1. The van der Waals surface area contributed by atoms with Gasteiger partial charge in [-0.25, -0.2) is 9.37 Å². The van der Waals surface area contributed by atoms with E-state index in [1.807, 2.05) is 13.1 Å². The second-order valence-corrected chi connectivity index (χ2v) is 8.43. The van der Waals surface area contributed by atoms with Crippen molar-refractivity contribution in [3.63, 3.8) is 0 Å².